The van der Waals surface area contributed by atoms with Crippen molar-refractivity contribution in [3.63, 3.8) is 0 Å². The van der Waals surface area contributed by atoms with E-state index in [0.717, 1.165) is 22.5 Å². The first-order chi connectivity index (χ1) is 12.6. The van der Waals surface area contributed by atoms with Crippen molar-refractivity contribution in [3.8, 4) is 0 Å². The molecule has 1 saturated heterocycles. The highest BCUT2D eigenvalue weighted by molar-refractivity contribution is 6.25. The van der Waals surface area contributed by atoms with Crippen LogP contribution in [0.1, 0.15) is 24.9 Å². The first kappa shape index (κ1) is 15.6. The number of ketones is 1. The molecular formula is C21H19NO4. The quantitative estimate of drug-likeness (QED) is 0.608. The Labute approximate surface area is 151 Å². The summed E-state index contributed by atoms with van der Waals surface area (Å²) in [5.74, 6) is -0.0376. The summed E-state index contributed by atoms with van der Waals surface area (Å²) in [6, 6.07) is 8.84. The van der Waals surface area contributed by atoms with Gasteiger partial charge in [-0.2, -0.15) is 0 Å². The number of amides is 2. The Morgan fingerprint density at radius 1 is 1.08 bits per heavy atom. The van der Waals surface area contributed by atoms with Gasteiger partial charge in [0, 0.05) is 5.92 Å². The smallest absolute Gasteiger partial charge is 0.417 e. The van der Waals surface area contributed by atoms with Crippen LogP contribution in [0.2, 0.25) is 0 Å². The lowest BCUT2D eigenvalue weighted by Gasteiger charge is -2.21. The van der Waals surface area contributed by atoms with E-state index in [9.17, 15) is 14.4 Å². The number of fused-ring (bicyclic) bond motifs is 5. The maximum absolute atomic E-state index is 13.3. The first-order valence-corrected chi connectivity index (χ1v) is 9.06. The second-order valence-electron chi connectivity index (χ2n) is 7.60. The second-order valence-corrected chi connectivity index (χ2v) is 7.60. The number of benzene rings is 1. The number of allylic oxidation sites excluding steroid dienone is 3. The molecular weight excluding hydrogens is 330 g/mol. The molecule has 5 nitrogen and oxygen atoms in total. The van der Waals surface area contributed by atoms with E-state index in [0.29, 0.717) is 5.92 Å². The van der Waals surface area contributed by atoms with Crippen LogP contribution in [0.3, 0.4) is 0 Å². The zero-order valence-electron chi connectivity index (χ0n) is 14.4. The van der Waals surface area contributed by atoms with Crippen molar-refractivity contribution < 1.29 is 19.1 Å². The Morgan fingerprint density at radius 2 is 1.77 bits per heavy atom. The van der Waals surface area contributed by atoms with Crippen LogP contribution >= 0.6 is 0 Å². The van der Waals surface area contributed by atoms with Crippen molar-refractivity contribution in [2.45, 2.75) is 19.4 Å². The van der Waals surface area contributed by atoms with E-state index in [2.05, 4.69) is 12.2 Å². The van der Waals surface area contributed by atoms with Crippen LogP contribution in [0.15, 0.2) is 53.6 Å². The molecule has 1 aromatic carbocycles. The zero-order valence-corrected chi connectivity index (χ0v) is 14.4. The van der Waals surface area contributed by atoms with Gasteiger partial charge in [0.05, 0.1) is 5.57 Å². The Balaban J connectivity index is 1.51. The van der Waals surface area contributed by atoms with Gasteiger partial charge < -0.3 is 4.74 Å². The van der Waals surface area contributed by atoms with Crippen molar-refractivity contribution in [2.24, 2.45) is 23.7 Å². The molecule has 0 spiro atoms. The summed E-state index contributed by atoms with van der Waals surface area (Å²) < 4.78 is 5.15. The van der Waals surface area contributed by atoms with Gasteiger partial charge in [0.25, 0.3) is 5.91 Å². The standard InChI is InChI=1S/C21H19NO4/c1-11-16-13-7-8-14(9-13)18(16)19(23)17(11)20(24)22-15(10-26-21(22)25)12-5-3-2-4-6-12/h2-8,13-16,18H,9-10H2,1H3/t13-,14+,15-,16+,18-/m1/s1. The third kappa shape index (κ3) is 1.94. The number of nitrogens with zero attached hydrogens (tertiary/aromatic N) is 1. The largest absolute Gasteiger partial charge is 0.446 e. The normalized spacial score (nSPS) is 34.7. The predicted molar refractivity (Wildman–Crippen MR) is 92.8 cm³/mol. The van der Waals surface area contributed by atoms with Gasteiger partial charge in [0.15, 0.2) is 5.78 Å². The molecule has 0 unspecified atom stereocenters. The van der Waals surface area contributed by atoms with Gasteiger partial charge in [-0.3, -0.25) is 9.59 Å². The Bertz CT molecular complexity index is 885. The molecule has 5 rings (SSSR count). The highest BCUT2D eigenvalue weighted by atomic mass is 16.6. The van der Waals surface area contributed by atoms with Gasteiger partial charge in [0.1, 0.15) is 12.6 Å². The van der Waals surface area contributed by atoms with Gasteiger partial charge in [-0.1, -0.05) is 48.1 Å². The van der Waals surface area contributed by atoms with Crippen LogP contribution in [0.5, 0.6) is 0 Å². The fourth-order valence-corrected chi connectivity index (χ4v) is 5.26. The summed E-state index contributed by atoms with van der Waals surface area (Å²) in [6.07, 6.45) is 4.61. The van der Waals surface area contributed by atoms with Gasteiger partial charge >= 0.3 is 6.09 Å². The number of ether oxygens (including phenoxy) is 1. The first-order valence-electron chi connectivity index (χ1n) is 9.06. The Kier molecular flexibility index (Phi) is 3.23. The average Bonchev–Trinajstić information content (AvgIpc) is 3.39. The maximum atomic E-state index is 13.3. The minimum atomic E-state index is -0.671. The van der Waals surface area contributed by atoms with Gasteiger partial charge in [-0.15, -0.1) is 0 Å². The van der Waals surface area contributed by atoms with Crippen molar-refractivity contribution in [3.05, 3.63) is 59.2 Å². The lowest BCUT2D eigenvalue weighted by molar-refractivity contribution is -0.129. The number of Topliss-reactive ketones (excluding diaryl/α,β-unsaturated/α-hetero) is 1. The molecule has 3 aliphatic carbocycles. The Hall–Kier alpha value is -2.69. The highest BCUT2D eigenvalue weighted by Gasteiger charge is 2.56. The third-order valence-electron chi connectivity index (χ3n) is 6.39. The molecule has 4 aliphatic rings. The predicted octanol–water partition coefficient (Wildman–Crippen LogP) is 3.04. The molecule has 2 bridgehead atoms. The highest BCUT2D eigenvalue weighted by Crippen LogP contribution is 2.56. The minimum Gasteiger partial charge on any atom is -0.446 e. The molecule has 1 aromatic rings. The molecule has 2 fully saturated rings. The lowest BCUT2D eigenvalue weighted by Crippen LogP contribution is -2.37. The van der Waals surface area contributed by atoms with Crippen LogP contribution < -0.4 is 0 Å². The van der Waals surface area contributed by atoms with Crippen LogP contribution in [-0.2, 0) is 14.3 Å². The summed E-state index contributed by atoms with van der Waals surface area (Å²) >= 11 is 0. The number of carbonyl (C=O) groups excluding carboxylic acids is 3. The summed E-state index contributed by atoms with van der Waals surface area (Å²) in [5, 5.41) is 0. The van der Waals surface area contributed by atoms with Gasteiger partial charge in [-0.05, 0) is 36.7 Å². The third-order valence-corrected chi connectivity index (χ3v) is 6.39. The molecule has 26 heavy (non-hydrogen) atoms. The van der Waals surface area contributed by atoms with Crippen LogP contribution in [0.25, 0.3) is 0 Å². The van der Waals surface area contributed by atoms with E-state index in [1.54, 1.807) is 0 Å². The summed E-state index contributed by atoms with van der Waals surface area (Å²) in [4.78, 5) is 39.7. The van der Waals surface area contributed by atoms with Gasteiger partial charge in [0.2, 0.25) is 0 Å². The zero-order chi connectivity index (χ0) is 18.0. The van der Waals surface area contributed by atoms with E-state index in [1.807, 2.05) is 37.3 Å². The number of cyclic esters (lactones) is 1. The molecule has 0 aromatic heterocycles. The number of rotatable bonds is 2. The van der Waals surface area contributed by atoms with Crippen molar-refractivity contribution in [1.29, 1.82) is 0 Å². The molecule has 5 heteroatoms. The van der Waals surface area contributed by atoms with E-state index in [1.165, 1.54) is 0 Å². The van der Waals surface area contributed by atoms with Crippen LogP contribution in [0.4, 0.5) is 4.79 Å². The van der Waals surface area contributed by atoms with E-state index in [-0.39, 0.29) is 35.7 Å². The molecule has 0 N–H and O–H groups in total. The van der Waals surface area contributed by atoms with Crippen molar-refractivity contribution in [2.75, 3.05) is 6.61 Å². The fraction of sp³-hybridized carbons (Fsp3) is 0.381. The van der Waals surface area contributed by atoms with E-state index >= 15 is 0 Å². The molecule has 1 aliphatic heterocycles. The monoisotopic (exact) mass is 349 g/mol. The van der Waals surface area contributed by atoms with E-state index in [4.69, 9.17) is 4.74 Å². The minimum absolute atomic E-state index is 0.0964. The fourth-order valence-electron chi connectivity index (χ4n) is 5.26. The van der Waals surface area contributed by atoms with E-state index < -0.39 is 18.0 Å². The number of hydrogen-bond donors (Lipinski definition) is 0. The van der Waals surface area contributed by atoms with Crippen molar-refractivity contribution >= 4 is 17.8 Å². The lowest BCUT2D eigenvalue weighted by atomic mass is 9.82. The summed E-state index contributed by atoms with van der Waals surface area (Å²) in [5.41, 5.74) is 1.88. The Morgan fingerprint density at radius 3 is 2.46 bits per heavy atom. The second kappa shape index (κ2) is 5.40. The number of imide groups is 1. The SMILES string of the molecule is CC1=C(C(=O)N2C(=O)OC[C@@H]2c2ccccc2)C(=O)[C@H]2[C@@H]1[C@@H]1C=C[C@H]2C1. The molecule has 0 radical (unpaired) electrons. The molecule has 2 amide bonds. The molecule has 5 atom stereocenters. The number of hydrogen-bond acceptors (Lipinski definition) is 4. The molecule has 1 saturated carbocycles. The number of carbonyl (C=O) groups is 3. The maximum Gasteiger partial charge on any atom is 0.417 e. The van der Waals surface area contributed by atoms with Gasteiger partial charge in [-0.25, -0.2) is 9.69 Å². The molecule has 132 valence electrons. The summed E-state index contributed by atoms with van der Waals surface area (Å²) in [7, 11) is 0. The average molecular weight is 349 g/mol. The van der Waals surface area contributed by atoms with Crippen molar-refractivity contribution in [1.82, 2.24) is 4.90 Å². The summed E-state index contributed by atoms with van der Waals surface area (Å²) in [6.45, 7) is 2.00. The topological polar surface area (TPSA) is 63.7 Å². The molecule has 1 heterocycles. The van der Waals surface area contributed by atoms with Crippen LogP contribution in [-0.4, -0.2) is 29.3 Å². The van der Waals surface area contributed by atoms with Crippen LogP contribution in [0, 0.1) is 23.7 Å².